The maximum absolute atomic E-state index is 11.6. The van der Waals surface area contributed by atoms with Gasteiger partial charge in [-0.3, -0.25) is 10.1 Å². The van der Waals surface area contributed by atoms with Gasteiger partial charge in [0.2, 0.25) is 0 Å². The smallest absolute Gasteiger partial charge is 0.321 e. The Hall–Kier alpha value is -2.59. The zero-order chi connectivity index (χ0) is 16.5. The summed E-state index contributed by atoms with van der Waals surface area (Å²) in [5.74, 6) is -0.782. The predicted molar refractivity (Wildman–Crippen MR) is 94.1 cm³/mol. The van der Waals surface area contributed by atoms with Crippen LogP contribution in [0.3, 0.4) is 0 Å². The lowest BCUT2D eigenvalue weighted by atomic mass is 9.91. The van der Waals surface area contributed by atoms with E-state index >= 15 is 0 Å². The Morgan fingerprint density at radius 1 is 1.08 bits per heavy atom. The Balaban J connectivity index is 1.67. The second-order valence-corrected chi connectivity index (χ2v) is 6.40. The molecule has 0 bridgehead atoms. The van der Waals surface area contributed by atoms with E-state index in [1.54, 1.807) is 0 Å². The first-order valence-corrected chi connectivity index (χ1v) is 8.34. The van der Waals surface area contributed by atoms with Crippen LogP contribution in [0.5, 0.6) is 0 Å². The maximum Gasteiger partial charge on any atom is 0.321 e. The van der Waals surface area contributed by atoms with E-state index in [0.717, 1.165) is 35.0 Å². The zero-order valence-electron chi connectivity index (χ0n) is 13.3. The number of hydrogen-bond donors (Lipinski definition) is 3. The minimum Gasteiger partial charge on any atom is -0.480 e. The number of hydrogen-bond acceptors (Lipinski definition) is 2. The minimum atomic E-state index is -0.782. The van der Waals surface area contributed by atoms with Gasteiger partial charge in [-0.25, -0.2) is 0 Å². The van der Waals surface area contributed by atoms with Gasteiger partial charge in [0.15, 0.2) is 0 Å². The lowest BCUT2D eigenvalue weighted by Gasteiger charge is -2.29. The molecule has 24 heavy (non-hydrogen) atoms. The molecule has 3 aromatic rings. The van der Waals surface area contributed by atoms with Gasteiger partial charge in [-0.2, -0.15) is 0 Å². The van der Waals surface area contributed by atoms with E-state index in [2.05, 4.69) is 34.6 Å². The molecule has 0 spiro atoms. The molecule has 2 heterocycles. The van der Waals surface area contributed by atoms with E-state index < -0.39 is 12.0 Å². The van der Waals surface area contributed by atoms with Crippen molar-refractivity contribution in [3.8, 4) is 0 Å². The summed E-state index contributed by atoms with van der Waals surface area (Å²) in [7, 11) is 0. The average molecular weight is 320 g/mol. The molecule has 4 heteroatoms. The fourth-order valence-corrected chi connectivity index (χ4v) is 3.67. The van der Waals surface area contributed by atoms with Crippen molar-refractivity contribution in [2.24, 2.45) is 0 Å². The molecule has 4 rings (SSSR count). The molecule has 3 N–H and O–H groups in total. The standard InChI is InChI=1S/C20H20N2O2/c23-20(24)18-12-15-14-8-4-5-9-16(14)22-19(15)17(21-18)11-10-13-6-2-1-3-7-13/h1-9,17-18,21-22H,10-12H2,(H,23,24)/t17-,18+/m1/s1. The number of para-hydroxylation sites is 1. The van der Waals surface area contributed by atoms with Crippen LogP contribution >= 0.6 is 0 Å². The van der Waals surface area contributed by atoms with Crippen molar-refractivity contribution in [1.29, 1.82) is 0 Å². The minimum absolute atomic E-state index is 0.0301. The number of rotatable bonds is 4. The summed E-state index contributed by atoms with van der Waals surface area (Å²) in [5.41, 5.74) is 4.65. The number of nitrogens with one attached hydrogen (secondary N) is 2. The fraction of sp³-hybridized carbons (Fsp3) is 0.250. The maximum atomic E-state index is 11.6. The highest BCUT2D eigenvalue weighted by molar-refractivity contribution is 5.86. The van der Waals surface area contributed by atoms with Crippen LogP contribution in [-0.4, -0.2) is 22.1 Å². The van der Waals surface area contributed by atoms with Gasteiger partial charge in [-0.1, -0.05) is 48.5 Å². The highest BCUT2D eigenvalue weighted by Gasteiger charge is 2.32. The van der Waals surface area contributed by atoms with Gasteiger partial charge >= 0.3 is 5.97 Å². The van der Waals surface area contributed by atoms with Crippen LogP contribution in [0, 0.1) is 0 Å². The van der Waals surface area contributed by atoms with E-state index in [9.17, 15) is 9.90 Å². The third-order valence-electron chi connectivity index (χ3n) is 4.87. The Morgan fingerprint density at radius 3 is 2.62 bits per heavy atom. The lowest BCUT2D eigenvalue weighted by molar-refractivity contribution is -0.139. The van der Waals surface area contributed by atoms with E-state index in [0.29, 0.717) is 6.42 Å². The van der Waals surface area contributed by atoms with Gasteiger partial charge in [0.25, 0.3) is 0 Å². The predicted octanol–water partition coefficient (Wildman–Crippen LogP) is 3.44. The number of fused-ring (bicyclic) bond motifs is 3. The van der Waals surface area contributed by atoms with Crippen LogP contribution in [0.4, 0.5) is 0 Å². The number of aryl methyl sites for hydroxylation is 1. The second-order valence-electron chi connectivity index (χ2n) is 6.40. The summed E-state index contributed by atoms with van der Waals surface area (Å²) >= 11 is 0. The van der Waals surface area contributed by atoms with Crippen LogP contribution < -0.4 is 5.32 Å². The largest absolute Gasteiger partial charge is 0.480 e. The lowest BCUT2D eigenvalue weighted by Crippen LogP contribution is -2.44. The topological polar surface area (TPSA) is 65.1 Å². The van der Waals surface area contributed by atoms with Gasteiger partial charge in [0.1, 0.15) is 6.04 Å². The summed E-state index contributed by atoms with van der Waals surface area (Å²) in [4.78, 5) is 15.1. The second kappa shape index (κ2) is 6.13. The van der Waals surface area contributed by atoms with Crippen molar-refractivity contribution in [2.75, 3.05) is 0 Å². The summed E-state index contributed by atoms with van der Waals surface area (Å²) in [5, 5.41) is 14.0. The monoisotopic (exact) mass is 320 g/mol. The molecule has 0 saturated heterocycles. The van der Waals surface area contributed by atoms with Gasteiger partial charge < -0.3 is 10.1 Å². The molecule has 0 unspecified atom stereocenters. The van der Waals surface area contributed by atoms with E-state index in [1.807, 2.05) is 30.3 Å². The van der Waals surface area contributed by atoms with Gasteiger partial charge in [0.05, 0.1) is 0 Å². The highest BCUT2D eigenvalue weighted by atomic mass is 16.4. The van der Waals surface area contributed by atoms with Crippen molar-refractivity contribution < 1.29 is 9.90 Å². The Bertz CT molecular complexity index is 870. The molecule has 4 nitrogen and oxygen atoms in total. The molecule has 0 saturated carbocycles. The van der Waals surface area contributed by atoms with Crippen molar-refractivity contribution in [1.82, 2.24) is 10.3 Å². The molecule has 1 aliphatic heterocycles. The summed E-state index contributed by atoms with van der Waals surface area (Å²) < 4.78 is 0. The van der Waals surface area contributed by atoms with Crippen LogP contribution in [0.1, 0.15) is 29.3 Å². The van der Waals surface area contributed by atoms with E-state index in [4.69, 9.17) is 0 Å². The van der Waals surface area contributed by atoms with Gasteiger partial charge in [0, 0.05) is 29.1 Å². The van der Waals surface area contributed by atoms with E-state index in [1.165, 1.54) is 5.56 Å². The van der Waals surface area contributed by atoms with Crippen LogP contribution in [-0.2, 0) is 17.6 Å². The molecular formula is C20H20N2O2. The Labute approximate surface area is 140 Å². The normalized spacial score (nSPS) is 20.0. The van der Waals surface area contributed by atoms with Crippen LogP contribution in [0.15, 0.2) is 54.6 Å². The Morgan fingerprint density at radius 2 is 1.83 bits per heavy atom. The van der Waals surface area contributed by atoms with Crippen molar-refractivity contribution in [3.05, 3.63) is 71.4 Å². The third-order valence-corrected chi connectivity index (χ3v) is 4.87. The molecular weight excluding hydrogens is 300 g/mol. The molecule has 0 amide bonds. The van der Waals surface area contributed by atoms with Crippen molar-refractivity contribution in [3.63, 3.8) is 0 Å². The number of benzene rings is 2. The Kier molecular flexibility index (Phi) is 3.82. The number of H-pyrrole nitrogens is 1. The van der Waals surface area contributed by atoms with Crippen molar-refractivity contribution in [2.45, 2.75) is 31.3 Å². The summed E-state index contributed by atoms with van der Waals surface area (Å²) in [6.07, 6.45) is 2.31. The van der Waals surface area contributed by atoms with Crippen LogP contribution in [0.2, 0.25) is 0 Å². The molecule has 1 aromatic heterocycles. The first kappa shape index (κ1) is 15.0. The number of aromatic nitrogens is 1. The van der Waals surface area contributed by atoms with Gasteiger partial charge in [-0.05, 0) is 30.0 Å². The number of carbonyl (C=O) groups is 1. The molecule has 122 valence electrons. The number of aromatic amines is 1. The first-order valence-electron chi connectivity index (χ1n) is 8.34. The molecule has 0 aliphatic carbocycles. The third kappa shape index (κ3) is 2.69. The number of carboxylic acid groups (broad SMARTS) is 1. The first-order chi connectivity index (χ1) is 11.7. The average Bonchev–Trinajstić information content (AvgIpc) is 2.99. The van der Waals surface area contributed by atoms with Crippen LogP contribution in [0.25, 0.3) is 10.9 Å². The summed E-state index contributed by atoms with van der Waals surface area (Å²) in [6, 6.07) is 18.0. The molecule has 2 aromatic carbocycles. The highest BCUT2D eigenvalue weighted by Crippen LogP contribution is 2.33. The van der Waals surface area contributed by atoms with Gasteiger partial charge in [-0.15, -0.1) is 0 Å². The zero-order valence-corrected chi connectivity index (χ0v) is 13.3. The SMILES string of the molecule is O=C(O)[C@@H]1Cc2c([nH]c3ccccc23)[C@@H](CCc2ccccc2)N1. The number of carboxylic acids is 1. The molecule has 2 atom stereocenters. The summed E-state index contributed by atoms with van der Waals surface area (Å²) in [6.45, 7) is 0. The molecule has 0 radical (unpaired) electrons. The molecule has 1 aliphatic rings. The molecule has 0 fully saturated rings. The van der Waals surface area contributed by atoms with Crippen molar-refractivity contribution >= 4 is 16.9 Å². The quantitative estimate of drug-likeness (QED) is 0.690. The number of aliphatic carboxylic acids is 1. The van der Waals surface area contributed by atoms with E-state index in [-0.39, 0.29) is 6.04 Å². The fourth-order valence-electron chi connectivity index (χ4n) is 3.67.